The van der Waals surface area contributed by atoms with Crippen molar-refractivity contribution < 1.29 is 14.3 Å². The zero-order chi connectivity index (χ0) is 20.2. The van der Waals surface area contributed by atoms with Gasteiger partial charge in [-0.2, -0.15) is 0 Å². The van der Waals surface area contributed by atoms with E-state index in [0.717, 1.165) is 17.1 Å². The summed E-state index contributed by atoms with van der Waals surface area (Å²) in [6, 6.07) is 18.0. The van der Waals surface area contributed by atoms with Crippen molar-refractivity contribution in [3.8, 4) is 5.75 Å². The summed E-state index contributed by atoms with van der Waals surface area (Å²) in [5.41, 5.74) is 1.26. The lowest BCUT2D eigenvalue weighted by Crippen LogP contribution is -2.51. The van der Waals surface area contributed by atoms with Crippen LogP contribution in [-0.2, 0) is 9.59 Å². The Kier molecular flexibility index (Phi) is 6.09. The summed E-state index contributed by atoms with van der Waals surface area (Å²) < 4.78 is 5.16. The average molecular weight is 411 g/mol. The predicted octanol–water partition coefficient (Wildman–Crippen LogP) is 3.26. The van der Waals surface area contributed by atoms with E-state index in [-0.39, 0.29) is 17.7 Å². The van der Waals surface area contributed by atoms with Gasteiger partial charge in [0.05, 0.1) is 12.9 Å². The van der Waals surface area contributed by atoms with Gasteiger partial charge in [0.15, 0.2) is 0 Å². The first-order chi connectivity index (χ1) is 14.2. The average Bonchev–Trinajstić information content (AvgIpc) is 3.59. The van der Waals surface area contributed by atoms with Gasteiger partial charge in [-0.15, -0.1) is 11.8 Å². The highest BCUT2D eigenvalue weighted by Gasteiger charge is 2.46. The molecule has 0 N–H and O–H groups in total. The first-order valence-corrected chi connectivity index (χ1v) is 11.0. The highest BCUT2D eigenvalue weighted by atomic mass is 32.2. The summed E-state index contributed by atoms with van der Waals surface area (Å²) in [6.07, 6.45) is 0.945. The quantitative estimate of drug-likeness (QED) is 0.686. The first kappa shape index (κ1) is 19.8. The maximum absolute atomic E-state index is 12.8. The number of carbonyl (C=O) groups excluding carboxylic acids is 2. The van der Waals surface area contributed by atoms with E-state index in [1.807, 2.05) is 52.3 Å². The maximum Gasteiger partial charge on any atom is 0.233 e. The van der Waals surface area contributed by atoms with Crippen molar-refractivity contribution in [1.82, 2.24) is 9.80 Å². The molecule has 1 heterocycles. The van der Waals surface area contributed by atoms with E-state index < -0.39 is 0 Å². The molecule has 1 aliphatic carbocycles. The van der Waals surface area contributed by atoms with Gasteiger partial charge in [-0.1, -0.05) is 30.3 Å². The summed E-state index contributed by atoms with van der Waals surface area (Å²) in [5.74, 6) is 2.09. The Morgan fingerprint density at radius 1 is 0.966 bits per heavy atom. The van der Waals surface area contributed by atoms with Gasteiger partial charge < -0.3 is 14.5 Å². The van der Waals surface area contributed by atoms with Crippen molar-refractivity contribution in [2.45, 2.75) is 17.2 Å². The van der Waals surface area contributed by atoms with Crippen molar-refractivity contribution in [2.24, 2.45) is 5.92 Å². The second-order valence-corrected chi connectivity index (χ2v) is 8.58. The fraction of sp³-hybridized carbons (Fsp3) is 0.391. The van der Waals surface area contributed by atoms with E-state index in [0.29, 0.717) is 37.8 Å². The fourth-order valence-electron chi connectivity index (χ4n) is 3.86. The van der Waals surface area contributed by atoms with Gasteiger partial charge in [0.2, 0.25) is 11.8 Å². The summed E-state index contributed by atoms with van der Waals surface area (Å²) in [7, 11) is 1.64. The van der Waals surface area contributed by atoms with E-state index in [2.05, 4.69) is 12.1 Å². The summed E-state index contributed by atoms with van der Waals surface area (Å²) in [4.78, 5) is 30.2. The van der Waals surface area contributed by atoms with Crippen LogP contribution in [0.4, 0.5) is 0 Å². The van der Waals surface area contributed by atoms with Crippen LogP contribution in [0.2, 0.25) is 0 Å². The minimum atomic E-state index is 0.116. The predicted molar refractivity (Wildman–Crippen MR) is 114 cm³/mol. The van der Waals surface area contributed by atoms with Gasteiger partial charge in [0.1, 0.15) is 5.75 Å². The van der Waals surface area contributed by atoms with Crippen molar-refractivity contribution in [3.05, 3.63) is 60.2 Å². The third-order valence-corrected chi connectivity index (χ3v) is 6.70. The van der Waals surface area contributed by atoms with Crippen LogP contribution in [-0.4, -0.2) is 60.7 Å². The highest BCUT2D eigenvalue weighted by molar-refractivity contribution is 8.00. The van der Waals surface area contributed by atoms with Crippen LogP contribution in [0, 0.1) is 5.92 Å². The summed E-state index contributed by atoms with van der Waals surface area (Å²) in [6.45, 7) is 2.51. The molecule has 2 aromatic carbocycles. The Labute approximate surface area is 176 Å². The molecule has 5 nitrogen and oxygen atoms in total. The number of hydrogen-bond acceptors (Lipinski definition) is 4. The molecular formula is C23H26N2O3S. The standard InChI is InChI=1S/C23H26N2O3S/c1-28-18-7-9-19(10-8-18)29-16-22(26)24-11-13-25(14-12-24)23(27)21-15-20(21)17-5-3-2-4-6-17/h2-10,20-21H,11-16H2,1H3/t20-,21+/m0/s1. The topological polar surface area (TPSA) is 49.9 Å². The van der Waals surface area contributed by atoms with Crippen LogP contribution in [0.25, 0.3) is 0 Å². The third kappa shape index (κ3) is 4.75. The zero-order valence-electron chi connectivity index (χ0n) is 16.6. The minimum absolute atomic E-state index is 0.116. The Morgan fingerprint density at radius 3 is 2.28 bits per heavy atom. The van der Waals surface area contributed by atoms with E-state index in [1.165, 1.54) is 17.3 Å². The normalized spacial score (nSPS) is 21.0. The number of amides is 2. The number of ether oxygens (including phenoxy) is 1. The third-order valence-electron chi connectivity index (χ3n) is 5.70. The number of hydrogen-bond donors (Lipinski definition) is 0. The van der Waals surface area contributed by atoms with E-state index in [9.17, 15) is 9.59 Å². The fourth-order valence-corrected chi connectivity index (χ4v) is 4.66. The molecule has 0 aromatic heterocycles. The number of methoxy groups -OCH3 is 1. The largest absolute Gasteiger partial charge is 0.497 e. The van der Waals surface area contributed by atoms with Gasteiger partial charge in [-0.3, -0.25) is 9.59 Å². The number of benzene rings is 2. The second kappa shape index (κ2) is 8.91. The van der Waals surface area contributed by atoms with E-state index in [4.69, 9.17) is 4.74 Å². The second-order valence-electron chi connectivity index (χ2n) is 7.53. The number of rotatable bonds is 6. The van der Waals surface area contributed by atoms with E-state index in [1.54, 1.807) is 7.11 Å². The Bertz CT molecular complexity index is 848. The molecule has 2 amide bonds. The zero-order valence-corrected chi connectivity index (χ0v) is 17.4. The van der Waals surface area contributed by atoms with Crippen molar-refractivity contribution >= 4 is 23.6 Å². The molecule has 1 aliphatic heterocycles. The number of thioether (sulfide) groups is 1. The van der Waals surface area contributed by atoms with Gasteiger partial charge in [-0.25, -0.2) is 0 Å². The molecule has 0 bridgehead atoms. The maximum atomic E-state index is 12.8. The van der Waals surface area contributed by atoms with Gasteiger partial charge in [-0.05, 0) is 42.2 Å². The molecule has 1 saturated heterocycles. The number of carbonyl (C=O) groups is 2. The van der Waals surface area contributed by atoms with Gasteiger partial charge >= 0.3 is 0 Å². The monoisotopic (exact) mass is 410 g/mol. The van der Waals surface area contributed by atoms with Crippen molar-refractivity contribution in [1.29, 1.82) is 0 Å². The summed E-state index contributed by atoms with van der Waals surface area (Å²) in [5, 5.41) is 0. The SMILES string of the molecule is COc1ccc(SCC(=O)N2CCN(C(=O)[C@@H]3C[C@H]3c3ccccc3)CC2)cc1. The molecule has 6 heteroatoms. The number of nitrogens with zero attached hydrogens (tertiary/aromatic N) is 2. The van der Waals surface area contributed by atoms with Crippen molar-refractivity contribution in [3.63, 3.8) is 0 Å². The van der Waals surface area contributed by atoms with Crippen LogP contribution in [0.5, 0.6) is 5.75 Å². The number of piperazine rings is 1. The van der Waals surface area contributed by atoms with Crippen LogP contribution in [0.15, 0.2) is 59.5 Å². The molecule has 2 aliphatic rings. The van der Waals surface area contributed by atoms with Crippen LogP contribution >= 0.6 is 11.8 Å². The molecule has 4 rings (SSSR count). The Hall–Kier alpha value is -2.47. The Balaban J connectivity index is 1.22. The lowest BCUT2D eigenvalue weighted by atomic mass is 10.1. The molecule has 29 heavy (non-hydrogen) atoms. The molecule has 0 spiro atoms. The molecule has 2 atom stereocenters. The lowest BCUT2D eigenvalue weighted by molar-refractivity contribution is -0.139. The molecule has 0 unspecified atom stereocenters. The molecule has 1 saturated carbocycles. The van der Waals surface area contributed by atoms with Gasteiger partial charge in [0.25, 0.3) is 0 Å². The van der Waals surface area contributed by atoms with Gasteiger partial charge in [0, 0.05) is 37.0 Å². The van der Waals surface area contributed by atoms with Crippen LogP contribution in [0.1, 0.15) is 17.9 Å². The van der Waals surface area contributed by atoms with Crippen LogP contribution < -0.4 is 4.74 Å². The Morgan fingerprint density at radius 2 is 1.62 bits per heavy atom. The molecular weight excluding hydrogens is 384 g/mol. The molecule has 0 radical (unpaired) electrons. The first-order valence-electron chi connectivity index (χ1n) is 10.0. The summed E-state index contributed by atoms with van der Waals surface area (Å²) >= 11 is 1.53. The van der Waals surface area contributed by atoms with E-state index >= 15 is 0 Å². The highest BCUT2D eigenvalue weighted by Crippen LogP contribution is 2.48. The molecule has 152 valence electrons. The molecule has 2 aromatic rings. The minimum Gasteiger partial charge on any atom is -0.497 e. The van der Waals surface area contributed by atoms with Crippen LogP contribution in [0.3, 0.4) is 0 Å². The molecule has 2 fully saturated rings. The lowest BCUT2D eigenvalue weighted by Gasteiger charge is -2.35. The smallest absolute Gasteiger partial charge is 0.233 e. The van der Waals surface area contributed by atoms with Crippen molar-refractivity contribution in [2.75, 3.05) is 39.0 Å².